The molecule has 0 spiro atoms. The molecule has 1 aromatic carbocycles. The van der Waals surface area contributed by atoms with E-state index < -0.39 is 6.10 Å². The van der Waals surface area contributed by atoms with Gasteiger partial charge in [-0.05, 0) is 13.0 Å². The van der Waals surface area contributed by atoms with Crippen LogP contribution in [0, 0.1) is 11.7 Å². The molecule has 2 saturated heterocycles. The molecule has 124 valence electrons. The van der Waals surface area contributed by atoms with E-state index in [0.29, 0.717) is 38.3 Å². The molecule has 2 amide bonds. The minimum absolute atomic E-state index is 0.0288. The van der Waals surface area contributed by atoms with Crippen molar-refractivity contribution in [2.24, 2.45) is 5.92 Å². The lowest BCUT2D eigenvalue weighted by Crippen LogP contribution is -2.45. The summed E-state index contributed by atoms with van der Waals surface area (Å²) in [5.74, 6) is -0.606. The van der Waals surface area contributed by atoms with Crippen molar-refractivity contribution in [2.45, 2.75) is 19.4 Å². The van der Waals surface area contributed by atoms with Crippen molar-refractivity contribution in [3.05, 3.63) is 35.6 Å². The molecule has 2 aliphatic heterocycles. The third kappa shape index (κ3) is 3.22. The second-order valence-corrected chi connectivity index (χ2v) is 6.00. The Balaban J connectivity index is 1.68. The molecule has 2 unspecified atom stereocenters. The van der Waals surface area contributed by atoms with Crippen molar-refractivity contribution < 1.29 is 18.7 Å². The molecule has 0 N–H and O–H groups in total. The van der Waals surface area contributed by atoms with E-state index in [1.54, 1.807) is 28.0 Å². The molecule has 5 nitrogen and oxygen atoms in total. The van der Waals surface area contributed by atoms with Crippen LogP contribution in [0.15, 0.2) is 24.3 Å². The van der Waals surface area contributed by atoms with Gasteiger partial charge in [-0.15, -0.1) is 0 Å². The highest BCUT2D eigenvalue weighted by Gasteiger charge is 2.37. The number of hydrogen-bond acceptors (Lipinski definition) is 3. The first-order valence-corrected chi connectivity index (χ1v) is 8.02. The maximum absolute atomic E-state index is 13.9. The SMILES string of the molecule is CCN1CC(C(=O)N2CCOC(c3ccccc3F)C2)CC1=O. The van der Waals surface area contributed by atoms with Crippen LogP contribution in [0.5, 0.6) is 0 Å². The molecule has 6 heteroatoms. The van der Waals surface area contributed by atoms with E-state index in [1.165, 1.54) is 6.07 Å². The van der Waals surface area contributed by atoms with E-state index >= 15 is 0 Å². The van der Waals surface area contributed by atoms with Crippen molar-refractivity contribution in [3.8, 4) is 0 Å². The Morgan fingerprint density at radius 3 is 2.83 bits per heavy atom. The molecular formula is C17H21FN2O3. The van der Waals surface area contributed by atoms with E-state index in [4.69, 9.17) is 4.74 Å². The molecule has 2 aliphatic rings. The normalized spacial score (nSPS) is 25.0. The second-order valence-electron chi connectivity index (χ2n) is 6.00. The average Bonchev–Trinajstić information content (AvgIpc) is 2.95. The fraction of sp³-hybridized carbons (Fsp3) is 0.529. The Labute approximate surface area is 135 Å². The van der Waals surface area contributed by atoms with Gasteiger partial charge in [-0.3, -0.25) is 9.59 Å². The summed E-state index contributed by atoms with van der Waals surface area (Å²) in [5, 5.41) is 0. The molecular weight excluding hydrogens is 299 g/mol. The van der Waals surface area contributed by atoms with Crippen molar-refractivity contribution in [1.29, 1.82) is 0 Å². The van der Waals surface area contributed by atoms with Crippen molar-refractivity contribution in [3.63, 3.8) is 0 Å². The Bertz CT molecular complexity index is 607. The van der Waals surface area contributed by atoms with Gasteiger partial charge in [0, 0.05) is 31.6 Å². The second kappa shape index (κ2) is 6.66. The molecule has 3 rings (SSSR count). The number of hydrogen-bond donors (Lipinski definition) is 0. The number of nitrogens with zero attached hydrogens (tertiary/aromatic N) is 2. The van der Waals surface area contributed by atoms with E-state index in [1.807, 2.05) is 6.92 Å². The van der Waals surface area contributed by atoms with Crippen LogP contribution in [0.3, 0.4) is 0 Å². The van der Waals surface area contributed by atoms with Crippen molar-refractivity contribution in [1.82, 2.24) is 9.80 Å². The molecule has 2 atom stereocenters. The molecule has 0 radical (unpaired) electrons. The molecule has 23 heavy (non-hydrogen) atoms. The number of amides is 2. The van der Waals surface area contributed by atoms with Gasteiger partial charge in [0.25, 0.3) is 0 Å². The zero-order valence-electron chi connectivity index (χ0n) is 13.2. The maximum atomic E-state index is 13.9. The summed E-state index contributed by atoms with van der Waals surface area (Å²) < 4.78 is 19.6. The third-order valence-electron chi connectivity index (χ3n) is 4.58. The maximum Gasteiger partial charge on any atom is 0.228 e. The Morgan fingerprint density at radius 2 is 2.13 bits per heavy atom. The van der Waals surface area contributed by atoms with Crippen molar-refractivity contribution in [2.75, 3.05) is 32.8 Å². The number of carbonyl (C=O) groups excluding carboxylic acids is 2. The fourth-order valence-corrected chi connectivity index (χ4v) is 3.28. The van der Waals surface area contributed by atoms with Gasteiger partial charge in [-0.25, -0.2) is 4.39 Å². The summed E-state index contributed by atoms with van der Waals surface area (Å²) in [6, 6.07) is 6.48. The Hall–Kier alpha value is -1.95. The minimum Gasteiger partial charge on any atom is -0.370 e. The zero-order valence-corrected chi connectivity index (χ0v) is 13.2. The lowest BCUT2D eigenvalue weighted by Gasteiger charge is -2.34. The Kier molecular flexibility index (Phi) is 4.61. The summed E-state index contributed by atoms with van der Waals surface area (Å²) in [5.41, 5.74) is 0.475. The summed E-state index contributed by atoms with van der Waals surface area (Å²) in [6.45, 7) is 4.22. The van der Waals surface area contributed by atoms with Gasteiger partial charge < -0.3 is 14.5 Å². The van der Waals surface area contributed by atoms with Gasteiger partial charge in [0.05, 0.1) is 19.1 Å². The van der Waals surface area contributed by atoms with Crippen LogP contribution in [0.1, 0.15) is 25.0 Å². The summed E-state index contributed by atoms with van der Waals surface area (Å²) in [4.78, 5) is 27.9. The number of ether oxygens (including phenoxy) is 1. The van der Waals surface area contributed by atoms with Crippen LogP contribution >= 0.6 is 0 Å². The Morgan fingerprint density at radius 1 is 1.35 bits per heavy atom. The number of likely N-dealkylation sites (tertiary alicyclic amines) is 1. The van der Waals surface area contributed by atoms with Gasteiger partial charge in [0.1, 0.15) is 11.9 Å². The summed E-state index contributed by atoms with van der Waals surface area (Å²) in [7, 11) is 0. The number of benzene rings is 1. The van der Waals surface area contributed by atoms with E-state index in [-0.39, 0.29) is 30.0 Å². The van der Waals surface area contributed by atoms with Gasteiger partial charge in [0.2, 0.25) is 11.8 Å². The lowest BCUT2D eigenvalue weighted by molar-refractivity contribution is -0.143. The smallest absolute Gasteiger partial charge is 0.228 e. The van der Waals surface area contributed by atoms with Crippen molar-refractivity contribution >= 4 is 11.8 Å². The molecule has 2 heterocycles. The molecule has 2 fully saturated rings. The average molecular weight is 320 g/mol. The predicted molar refractivity (Wildman–Crippen MR) is 82.0 cm³/mol. The third-order valence-corrected chi connectivity index (χ3v) is 4.58. The van der Waals surface area contributed by atoms with Gasteiger partial charge in [-0.1, -0.05) is 18.2 Å². The first kappa shape index (κ1) is 15.9. The predicted octanol–water partition coefficient (Wildman–Crippen LogP) is 1.59. The summed E-state index contributed by atoms with van der Waals surface area (Å²) in [6.07, 6.45) is -0.178. The number of carbonyl (C=O) groups is 2. The topological polar surface area (TPSA) is 49.9 Å². The molecule has 0 aliphatic carbocycles. The summed E-state index contributed by atoms with van der Waals surface area (Å²) >= 11 is 0. The van der Waals surface area contributed by atoms with Crippen LogP contribution < -0.4 is 0 Å². The van der Waals surface area contributed by atoms with Gasteiger partial charge in [-0.2, -0.15) is 0 Å². The van der Waals surface area contributed by atoms with Crippen LogP contribution in [0.2, 0.25) is 0 Å². The van der Waals surface area contributed by atoms with E-state index in [0.717, 1.165) is 0 Å². The molecule has 1 aromatic rings. The van der Waals surface area contributed by atoms with E-state index in [2.05, 4.69) is 0 Å². The molecule has 0 aromatic heterocycles. The van der Waals surface area contributed by atoms with Crippen LogP contribution in [-0.4, -0.2) is 54.4 Å². The highest BCUT2D eigenvalue weighted by atomic mass is 19.1. The van der Waals surface area contributed by atoms with Crippen LogP contribution in [-0.2, 0) is 14.3 Å². The van der Waals surface area contributed by atoms with Gasteiger partial charge >= 0.3 is 0 Å². The first-order valence-electron chi connectivity index (χ1n) is 8.02. The van der Waals surface area contributed by atoms with Crippen LogP contribution in [0.25, 0.3) is 0 Å². The quantitative estimate of drug-likeness (QED) is 0.850. The zero-order chi connectivity index (χ0) is 16.4. The number of halogens is 1. The molecule has 0 saturated carbocycles. The largest absolute Gasteiger partial charge is 0.370 e. The fourth-order valence-electron chi connectivity index (χ4n) is 3.28. The standard InChI is InChI=1S/C17H21FN2O3/c1-2-19-10-12(9-16(19)21)17(22)20-7-8-23-15(11-20)13-5-3-4-6-14(13)18/h3-6,12,15H,2,7-11H2,1H3. The highest BCUT2D eigenvalue weighted by Crippen LogP contribution is 2.27. The minimum atomic E-state index is -0.451. The number of morpholine rings is 1. The first-order chi connectivity index (χ1) is 11.1. The highest BCUT2D eigenvalue weighted by molar-refractivity contribution is 5.89. The van der Waals surface area contributed by atoms with Crippen LogP contribution in [0.4, 0.5) is 4.39 Å². The molecule has 0 bridgehead atoms. The number of rotatable bonds is 3. The lowest BCUT2D eigenvalue weighted by atomic mass is 10.0. The van der Waals surface area contributed by atoms with Gasteiger partial charge in [0.15, 0.2) is 0 Å². The monoisotopic (exact) mass is 320 g/mol. The van der Waals surface area contributed by atoms with E-state index in [9.17, 15) is 14.0 Å².